The Hall–Kier alpha value is -3.04. The number of sulfonamides is 1. The Bertz CT molecular complexity index is 1210. The van der Waals surface area contributed by atoms with Gasteiger partial charge < -0.3 is 10.0 Å². The van der Waals surface area contributed by atoms with Crippen LogP contribution in [0.3, 0.4) is 0 Å². The van der Waals surface area contributed by atoms with E-state index in [4.69, 9.17) is 4.98 Å². The highest BCUT2D eigenvalue weighted by Crippen LogP contribution is 2.29. The number of phenolic OH excluding ortho intramolecular Hbond substituents is 1. The number of anilines is 1. The molecule has 0 saturated carbocycles. The highest BCUT2D eigenvalue weighted by molar-refractivity contribution is 7.89. The molecule has 1 aliphatic rings. The van der Waals surface area contributed by atoms with Crippen LogP contribution in [0.1, 0.15) is 16.8 Å². The first-order valence-electron chi connectivity index (χ1n) is 10.1. The van der Waals surface area contributed by atoms with Crippen molar-refractivity contribution in [3.05, 3.63) is 59.4 Å². The van der Waals surface area contributed by atoms with Gasteiger partial charge in [-0.3, -0.25) is 4.98 Å². The molecule has 0 bridgehead atoms. The number of piperazine rings is 1. The summed E-state index contributed by atoms with van der Waals surface area (Å²) in [5.41, 5.74) is 3.31. The molecule has 1 N–H and O–H groups in total. The second-order valence-electron chi connectivity index (χ2n) is 7.66. The lowest BCUT2D eigenvalue weighted by atomic mass is 10.2. The maximum atomic E-state index is 13.1. The quantitative estimate of drug-likeness (QED) is 0.667. The molecule has 3 aromatic rings. The van der Waals surface area contributed by atoms with Crippen molar-refractivity contribution in [2.45, 2.75) is 25.7 Å². The third-order valence-electron chi connectivity index (χ3n) is 5.53. The Morgan fingerprint density at radius 3 is 2.39 bits per heavy atom. The van der Waals surface area contributed by atoms with E-state index < -0.39 is 10.0 Å². The number of benzene rings is 1. The Kier molecular flexibility index (Phi) is 5.63. The van der Waals surface area contributed by atoms with E-state index >= 15 is 0 Å². The third-order valence-corrected chi connectivity index (χ3v) is 7.46. The second kappa shape index (κ2) is 8.24. The van der Waals surface area contributed by atoms with E-state index in [1.165, 1.54) is 16.4 Å². The summed E-state index contributed by atoms with van der Waals surface area (Å²) in [6.07, 6.45) is 1.71. The van der Waals surface area contributed by atoms with Gasteiger partial charge in [0.05, 0.1) is 0 Å². The van der Waals surface area contributed by atoms with Crippen LogP contribution in [-0.2, 0) is 10.0 Å². The molecule has 0 spiro atoms. The summed E-state index contributed by atoms with van der Waals surface area (Å²) in [5, 5.41) is 10.1. The number of rotatable bonds is 4. The van der Waals surface area contributed by atoms with Gasteiger partial charge in [0.2, 0.25) is 10.0 Å². The topological polar surface area (TPSA) is 99.5 Å². The molecule has 3 heterocycles. The first-order valence-corrected chi connectivity index (χ1v) is 11.5. The molecule has 0 amide bonds. The van der Waals surface area contributed by atoms with Crippen LogP contribution < -0.4 is 4.90 Å². The summed E-state index contributed by atoms with van der Waals surface area (Å²) in [6.45, 7) is 7.30. The molecule has 31 heavy (non-hydrogen) atoms. The molecule has 4 rings (SSSR count). The lowest BCUT2D eigenvalue weighted by molar-refractivity contribution is 0.379. The van der Waals surface area contributed by atoms with Crippen molar-refractivity contribution < 1.29 is 13.5 Å². The van der Waals surface area contributed by atoms with Gasteiger partial charge in [0.1, 0.15) is 22.2 Å². The molecule has 1 aromatic carbocycles. The average molecular weight is 440 g/mol. The van der Waals surface area contributed by atoms with E-state index in [9.17, 15) is 13.5 Å². The molecular formula is C22H25N5O3S. The lowest BCUT2D eigenvalue weighted by Gasteiger charge is -2.35. The molecule has 1 saturated heterocycles. The van der Waals surface area contributed by atoms with Crippen molar-refractivity contribution in [1.82, 2.24) is 19.3 Å². The maximum absolute atomic E-state index is 13.1. The fourth-order valence-corrected chi connectivity index (χ4v) is 5.23. The summed E-state index contributed by atoms with van der Waals surface area (Å²) < 4.78 is 27.6. The van der Waals surface area contributed by atoms with Gasteiger partial charge in [-0.15, -0.1) is 0 Å². The SMILES string of the molecule is Cc1ccc(O)c(S(=O)(=O)N2CCN(c3nc(-c4ccccn4)nc(C)c3C)CC2)c1. The van der Waals surface area contributed by atoms with Gasteiger partial charge in [0.15, 0.2) is 5.82 Å². The number of nitrogens with zero attached hydrogens (tertiary/aromatic N) is 5. The van der Waals surface area contributed by atoms with Gasteiger partial charge >= 0.3 is 0 Å². The van der Waals surface area contributed by atoms with Gasteiger partial charge in [0.25, 0.3) is 0 Å². The fourth-order valence-electron chi connectivity index (χ4n) is 3.64. The number of aromatic hydroxyl groups is 1. The number of hydrogen-bond acceptors (Lipinski definition) is 7. The second-order valence-corrected chi connectivity index (χ2v) is 9.56. The third kappa shape index (κ3) is 4.11. The zero-order valence-electron chi connectivity index (χ0n) is 17.8. The van der Waals surface area contributed by atoms with E-state index in [0.29, 0.717) is 37.7 Å². The van der Waals surface area contributed by atoms with Crippen molar-refractivity contribution in [3.8, 4) is 17.3 Å². The van der Waals surface area contributed by atoms with Crippen LogP contribution in [-0.4, -0.2) is 59.0 Å². The van der Waals surface area contributed by atoms with Crippen molar-refractivity contribution in [2.24, 2.45) is 0 Å². The van der Waals surface area contributed by atoms with Gasteiger partial charge in [-0.1, -0.05) is 12.1 Å². The minimum atomic E-state index is -3.78. The van der Waals surface area contributed by atoms with Crippen LogP contribution in [0.2, 0.25) is 0 Å². The highest BCUT2D eigenvalue weighted by Gasteiger charge is 2.31. The minimum Gasteiger partial charge on any atom is -0.507 e. The highest BCUT2D eigenvalue weighted by atomic mass is 32.2. The van der Waals surface area contributed by atoms with Crippen LogP contribution in [0, 0.1) is 20.8 Å². The van der Waals surface area contributed by atoms with E-state index in [0.717, 1.165) is 22.6 Å². The molecule has 1 fully saturated rings. The van der Waals surface area contributed by atoms with Gasteiger partial charge in [-0.2, -0.15) is 4.31 Å². The van der Waals surface area contributed by atoms with Gasteiger partial charge in [0, 0.05) is 43.6 Å². The zero-order valence-corrected chi connectivity index (χ0v) is 18.6. The Balaban J connectivity index is 1.58. The van der Waals surface area contributed by atoms with E-state index in [1.807, 2.05) is 32.0 Å². The predicted octanol–water partition coefficient (Wildman–Crippen LogP) is 2.68. The Morgan fingerprint density at radius 2 is 1.71 bits per heavy atom. The molecule has 162 valence electrons. The molecule has 9 heteroatoms. The predicted molar refractivity (Wildman–Crippen MR) is 119 cm³/mol. The molecule has 2 aromatic heterocycles. The average Bonchev–Trinajstić information content (AvgIpc) is 2.78. The molecule has 0 unspecified atom stereocenters. The number of hydrogen-bond donors (Lipinski definition) is 1. The van der Waals surface area contributed by atoms with Crippen molar-refractivity contribution in [2.75, 3.05) is 31.1 Å². The standard InChI is InChI=1S/C22H25N5O3S/c1-15-7-8-19(28)20(14-15)31(29,30)27-12-10-26(11-13-27)22-16(2)17(3)24-21(25-22)18-6-4-5-9-23-18/h4-9,14,28H,10-13H2,1-3H3. The van der Waals surface area contributed by atoms with Crippen molar-refractivity contribution in [3.63, 3.8) is 0 Å². The Labute approximate surface area is 182 Å². The van der Waals surface area contributed by atoms with E-state index in [1.54, 1.807) is 19.2 Å². The van der Waals surface area contributed by atoms with Gasteiger partial charge in [-0.05, 0) is 50.6 Å². The molecule has 0 atom stereocenters. The largest absolute Gasteiger partial charge is 0.507 e. The summed E-state index contributed by atoms with van der Waals surface area (Å²) in [5.74, 6) is 1.12. The first kappa shape index (κ1) is 21.2. The smallest absolute Gasteiger partial charge is 0.246 e. The van der Waals surface area contributed by atoms with Crippen molar-refractivity contribution >= 4 is 15.8 Å². The monoisotopic (exact) mass is 439 g/mol. The van der Waals surface area contributed by atoms with Crippen LogP contribution in [0.4, 0.5) is 5.82 Å². The van der Waals surface area contributed by atoms with E-state index in [2.05, 4.69) is 14.9 Å². The normalized spacial score (nSPS) is 15.3. The molecular weight excluding hydrogens is 414 g/mol. The van der Waals surface area contributed by atoms with Crippen LogP contribution in [0.5, 0.6) is 5.75 Å². The molecule has 0 radical (unpaired) electrons. The minimum absolute atomic E-state index is 0.0487. The number of pyridine rings is 1. The van der Waals surface area contributed by atoms with Crippen molar-refractivity contribution in [1.29, 1.82) is 0 Å². The zero-order chi connectivity index (χ0) is 22.2. The molecule has 1 aliphatic heterocycles. The Morgan fingerprint density at radius 1 is 0.968 bits per heavy atom. The molecule has 8 nitrogen and oxygen atoms in total. The summed E-state index contributed by atoms with van der Waals surface area (Å²) >= 11 is 0. The van der Waals surface area contributed by atoms with Crippen LogP contribution in [0.15, 0.2) is 47.5 Å². The van der Waals surface area contributed by atoms with Gasteiger partial charge in [-0.25, -0.2) is 18.4 Å². The van der Waals surface area contributed by atoms with Crippen LogP contribution in [0.25, 0.3) is 11.5 Å². The maximum Gasteiger partial charge on any atom is 0.246 e. The fraction of sp³-hybridized carbons (Fsp3) is 0.318. The number of aromatic nitrogens is 3. The van der Waals surface area contributed by atoms with E-state index in [-0.39, 0.29) is 10.6 Å². The van der Waals surface area contributed by atoms with Crippen LogP contribution >= 0.6 is 0 Å². The number of phenols is 1. The summed E-state index contributed by atoms with van der Waals surface area (Å²) in [6, 6.07) is 10.2. The summed E-state index contributed by atoms with van der Waals surface area (Å²) in [4.78, 5) is 15.7. The number of aryl methyl sites for hydroxylation is 2. The molecule has 0 aliphatic carbocycles. The summed E-state index contributed by atoms with van der Waals surface area (Å²) in [7, 11) is -3.78. The lowest BCUT2D eigenvalue weighted by Crippen LogP contribution is -2.49. The first-order chi connectivity index (χ1) is 14.8.